The molecule has 4 aliphatic carbocycles. The molecule has 406 valence electrons. The monoisotopic (exact) mass is 1190 g/mol. The maximum absolute atomic E-state index is 2.61. The highest BCUT2D eigenvalue weighted by Crippen LogP contribution is 2.66. The van der Waals surface area contributed by atoms with Crippen LogP contribution >= 0.6 is 68.0 Å². The fraction of sp³-hybridized carbons (Fsp3) is 0.179. The predicted octanol–water partition coefficient (Wildman–Crippen LogP) is 24.6. The number of rotatable bonds is 13. The highest BCUT2D eigenvalue weighted by atomic mass is 32.1. The molecule has 6 heteroatoms. The Morgan fingerprint density at radius 2 is 0.643 bits per heavy atom. The van der Waals surface area contributed by atoms with E-state index in [1.165, 1.54) is 221 Å². The summed E-state index contributed by atoms with van der Waals surface area (Å²) in [5, 5.41) is 9.89. The van der Waals surface area contributed by atoms with E-state index in [0.717, 1.165) is 12.8 Å². The summed E-state index contributed by atoms with van der Waals surface area (Å²) >= 11 is 11.9. The van der Waals surface area contributed by atoms with Gasteiger partial charge in [-0.05, 0) is 243 Å². The number of benzene rings is 8. The fourth-order valence-corrected chi connectivity index (χ4v) is 22.4. The zero-order valence-corrected chi connectivity index (χ0v) is 51.9. The largest absolute Gasteiger partial charge is 0.144 e. The van der Waals surface area contributed by atoms with Crippen LogP contribution in [0.25, 0.3) is 114 Å². The molecule has 0 aliphatic heterocycles. The highest BCUT2D eigenvalue weighted by molar-refractivity contribution is 7.30. The standard InChI is InChI=1S/C78H58S6/c1-3-5-7-9-19-47-37-71(83-75(47)73-39-49-35-57-53-23-13-17-27-61(53)77(65(57)43-69(49)81-73)59-25-15-11-21-51(59)55-33-45-29-31-79-67(45)41-63(55)77)72-38-48(20-10-8-6-4-2)76(84-72)74-40-50-36-58-54-24-14-18-28-62(54)78(66(58)44-70(50)82-74)60-26-16-12-22-52(60)56-34-46-30-32-80-68(46)42-64(56)78/h11-18,21-44H,3-10,19-20H2,1-2H3. The first-order valence-electron chi connectivity index (χ1n) is 30.4. The first kappa shape index (κ1) is 50.3. The zero-order chi connectivity index (χ0) is 55.4. The molecule has 6 aromatic heterocycles. The van der Waals surface area contributed by atoms with Gasteiger partial charge in [0.25, 0.3) is 0 Å². The van der Waals surface area contributed by atoms with Gasteiger partial charge in [-0.2, -0.15) is 0 Å². The van der Waals surface area contributed by atoms with Crippen molar-refractivity contribution in [3.05, 3.63) is 248 Å². The van der Waals surface area contributed by atoms with Gasteiger partial charge in [-0.1, -0.05) is 149 Å². The maximum atomic E-state index is 2.61. The molecule has 0 nitrogen and oxygen atoms in total. The molecule has 2 unspecified atom stereocenters. The van der Waals surface area contributed by atoms with Crippen molar-refractivity contribution in [3.63, 3.8) is 0 Å². The van der Waals surface area contributed by atoms with Crippen LogP contribution in [0.15, 0.2) is 193 Å². The molecule has 0 fully saturated rings. The molecule has 0 radical (unpaired) electrons. The Hall–Kier alpha value is -7.00. The van der Waals surface area contributed by atoms with Crippen LogP contribution in [0.2, 0.25) is 0 Å². The lowest BCUT2D eigenvalue weighted by atomic mass is 9.70. The van der Waals surface area contributed by atoms with Crippen molar-refractivity contribution < 1.29 is 0 Å². The Labute approximate surface area is 515 Å². The Morgan fingerprint density at radius 3 is 1.02 bits per heavy atom. The molecule has 14 aromatic rings. The summed E-state index contributed by atoms with van der Waals surface area (Å²) in [6.45, 7) is 4.67. The van der Waals surface area contributed by atoms with Crippen molar-refractivity contribution >= 4 is 108 Å². The molecule has 4 aliphatic rings. The number of unbranched alkanes of at least 4 members (excludes halogenated alkanes) is 6. The molecule has 0 saturated carbocycles. The summed E-state index contributed by atoms with van der Waals surface area (Å²) in [7, 11) is 0. The second-order valence-corrected chi connectivity index (χ2v) is 30.2. The molecule has 18 rings (SSSR count). The van der Waals surface area contributed by atoms with E-state index >= 15 is 0 Å². The van der Waals surface area contributed by atoms with E-state index in [4.69, 9.17) is 0 Å². The minimum atomic E-state index is -0.367. The van der Waals surface area contributed by atoms with Crippen LogP contribution in [-0.4, -0.2) is 0 Å². The molecule has 0 saturated heterocycles. The van der Waals surface area contributed by atoms with Crippen LogP contribution in [0.3, 0.4) is 0 Å². The topological polar surface area (TPSA) is 0 Å². The van der Waals surface area contributed by atoms with E-state index < -0.39 is 0 Å². The minimum Gasteiger partial charge on any atom is -0.144 e. The summed E-state index contributed by atoms with van der Waals surface area (Å²) in [5.74, 6) is 0. The molecular formula is C78H58S6. The number of thiophene rings is 6. The Kier molecular flexibility index (Phi) is 11.5. The van der Waals surface area contributed by atoms with Gasteiger partial charge in [0, 0.05) is 48.1 Å². The third-order valence-corrected chi connectivity index (χ3v) is 26.4. The van der Waals surface area contributed by atoms with Crippen molar-refractivity contribution in [2.75, 3.05) is 0 Å². The summed E-state index contributed by atoms with van der Waals surface area (Å²) in [6.07, 6.45) is 12.3. The zero-order valence-electron chi connectivity index (χ0n) is 47.0. The molecular weight excluding hydrogens is 1130 g/mol. The average Bonchev–Trinajstić information content (AvgIpc) is 1.53. The molecule has 6 heterocycles. The molecule has 0 bridgehead atoms. The fourth-order valence-electron chi connectivity index (χ4n) is 15.8. The molecule has 2 atom stereocenters. The average molecular weight is 1190 g/mol. The second kappa shape index (κ2) is 19.3. The van der Waals surface area contributed by atoms with Crippen molar-refractivity contribution in [3.8, 4) is 73.8 Å². The number of hydrogen-bond acceptors (Lipinski definition) is 6. The van der Waals surface area contributed by atoms with E-state index in [9.17, 15) is 0 Å². The van der Waals surface area contributed by atoms with Crippen molar-refractivity contribution in [2.45, 2.75) is 88.9 Å². The van der Waals surface area contributed by atoms with Crippen LogP contribution in [0, 0.1) is 0 Å². The molecule has 8 aromatic carbocycles. The van der Waals surface area contributed by atoms with Gasteiger partial charge < -0.3 is 0 Å². The van der Waals surface area contributed by atoms with Crippen LogP contribution in [0.4, 0.5) is 0 Å². The second-order valence-electron chi connectivity index (χ2n) is 24.0. The summed E-state index contributed by atoms with van der Waals surface area (Å²) in [4.78, 5) is 8.59. The van der Waals surface area contributed by atoms with E-state index in [1.807, 2.05) is 45.3 Å². The van der Waals surface area contributed by atoms with Crippen LogP contribution in [0.1, 0.15) is 121 Å². The van der Waals surface area contributed by atoms with Crippen molar-refractivity contribution in [1.82, 2.24) is 0 Å². The van der Waals surface area contributed by atoms with Gasteiger partial charge in [0.15, 0.2) is 0 Å². The third kappa shape index (κ3) is 7.07. The van der Waals surface area contributed by atoms with Gasteiger partial charge in [0.05, 0.1) is 10.8 Å². The smallest absolute Gasteiger partial charge is 0.0726 e. The van der Waals surface area contributed by atoms with Gasteiger partial charge in [-0.3, -0.25) is 0 Å². The van der Waals surface area contributed by atoms with Crippen molar-refractivity contribution in [2.24, 2.45) is 0 Å². The molecule has 2 spiro atoms. The molecule has 84 heavy (non-hydrogen) atoms. The number of aryl methyl sites for hydroxylation is 2. The number of hydrogen-bond donors (Lipinski definition) is 0. The van der Waals surface area contributed by atoms with Crippen LogP contribution in [0.5, 0.6) is 0 Å². The van der Waals surface area contributed by atoms with Gasteiger partial charge in [-0.25, -0.2) is 0 Å². The Morgan fingerprint density at radius 1 is 0.286 bits per heavy atom. The summed E-state index contributed by atoms with van der Waals surface area (Å²) in [6, 6.07) is 72.4. The van der Waals surface area contributed by atoms with Crippen LogP contribution in [-0.2, 0) is 23.7 Å². The van der Waals surface area contributed by atoms with Gasteiger partial charge in [0.2, 0.25) is 0 Å². The first-order valence-corrected chi connectivity index (χ1v) is 35.4. The first-order chi connectivity index (χ1) is 41.5. The summed E-state index contributed by atoms with van der Waals surface area (Å²) < 4.78 is 5.48. The number of fused-ring (bicyclic) bond motifs is 24. The normalized spacial score (nSPS) is 16.5. The predicted molar refractivity (Wildman–Crippen MR) is 368 cm³/mol. The maximum Gasteiger partial charge on any atom is 0.0726 e. The van der Waals surface area contributed by atoms with Gasteiger partial charge in [-0.15, -0.1) is 68.0 Å². The Bertz CT molecular complexity index is 4720. The van der Waals surface area contributed by atoms with E-state index in [0.29, 0.717) is 0 Å². The highest BCUT2D eigenvalue weighted by Gasteiger charge is 2.53. The van der Waals surface area contributed by atoms with Gasteiger partial charge >= 0.3 is 0 Å². The van der Waals surface area contributed by atoms with Crippen LogP contribution < -0.4 is 0 Å². The van der Waals surface area contributed by atoms with E-state index in [-0.39, 0.29) is 10.8 Å². The minimum absolute atomic E-state index is 0.367. The van der Waals surface area contributed by atoms with E-state index in [2.05, 4.69) is 229 Å². The molecule has 0 N–H and O–H groups in total. The SMILES string of the molecule is CCCCCCc1cc(-c2cc(CCCCCC)c(-c3cc4cc5c(cc4s3)C3(c4ccccc4-c4cc6ccsc6cc43)c3ccccc3-5)s2)sc1-c1cc2cc3c(cc2s1)C1(c2ccccc2-c2cc4ccsc4cc21)c1ccccc1-3. The summed E-state index contributed by atoms with van der Waals surface area (Å²) in [5.41, 5.74) is 24.7. The lowest BCUT2D eigenvalue weighted by molar-refractivity contribution is 0.668. The Balaban J connectivity index is 0.767. The van der Waals surface area contributed by atoms with E-state index in [1.54, 1.807) is 0 Å². The third-order valence-electron chi connectivity index (χ3n) is 19.5. The lowest BCUT2D eigenvalue weighted by Crippen LogP contribution is -2.25. The van der Waals surface area contributed by atoms with Gasteiger partial charge in [0.1, 0.15) is 0 Å². The quantitative estimate of drug-likeness (QED) is 0.101. The lowest BCUT2D eigenvalue weighted by Gasteiger charge is -2.30. The van der Waals surface area contributed by atoms with Crippen molar-refractivity contribution in [1.29, 1.82) is 0 Å². The molecule has 0 amide bonds.